The van der Waals surface area contributed by atoms with Crippen molar-refractivity contribution in [1.29, 1.82) is 0 Å². The topological polar surface area (TPSA) is 90.7 Å². The van der Waals surface area contributed by atoms with Gasteiger partial charge in [-0.15, -0.1) is 0 Å². The molecule has 7 nitrogen and oxygen atoms in total. The number of aromatic nitrogens is 1. The van der Waals surface area contributed by atoms with Crippen molar-refractivity contribution in [2.75, 3.05) is 11.9 Å². The van der Waals surface area contributed by atoms with Crippen molar-refractivity contribution in [1.82, 2.24) is 4.98 Å². The zero-order chi connectivity index (χ0) is 23.2. The number of nitrogens with one attached hydrogen (secondary N) is 1. The van der Waals surface area contributed by atoms with Crippen LogP contribution in [-0.4, -0.2) is 29.6 Å². The van der Waals surface area contributed by atoms with E-state index in [0.717, 1.165) is 0 Å². The molecule has 7 heteroatoms. The average Bonchev–Trinajstić information content (AvgIpc) is 3.28. The van der Waals surface area contributed by atoms with Gasteiger partial charge < -0.3 is 19.2 Å². The molecule has 1 atom stereocenters. The number of rotatable bonds is 8. The maximum Gasteiger partial charge on any atom is 0.339 e. The van der Waals surface area contributed by atoms with E-state index in [1.807, 2.05) is 31.2 Å². The second kappa shape index (κ2) is 9.99. The van der Waals surface area contributed by atoms with Crippen molar-refractivity contribution in [2.45, 2.75) is 26.4 Å². The standard InChI is InChI=1S/C26H24N2O5/c1-3-22(24(29)27-17-13-15-18(16-14-17)31-4-2)33-26(30)20-10-6-5-9-19(20)25-28-21-11-7-8-12-23(21)32-25/h5-16,22H,3-4H2,1-2H3,(H,27,29). The molecular weight excluding hydrogens is 420 g/mol. The zero-order valence-electron chi connectivity index (χ0n) is 18.4. The number of benzene rings is 3. The summed E-state index contributed by atoms with van der Waals surface area (Å²) < 4.78 is 16.8. The van der Waals surface area contributed by atoms with Crippen LogP contribution in [0, 0.1) is 0 Å². The fraction of sp³-hybridized carbons (Fsp3) is 0.192. The Hall–Kier alpha value is -4.13. The van der Waals surface area contributed by atoms with Crippen LogP contribution in [0.25, 0.3) is 22.6 Å². The van der Waals surface area contributed by atoms with Crippen molar-refractivity contribution < 1.29 is 23.5 Å². The molecule has 168 valence electrons. The molecule has 1 unspecified atom stereocenters. The van der Waals surface area contributed by atoms with Gasteiger partial charge in [-0.3, -0.25) is 4.79 Å². The largest absolute Gasteiger partial charge is 0.494 e. The van der Waals surface area contributed by atoms with E-state index in [4.69, 9.17) is 13.9 Å². The van der Waals surface area contributed by atoms with Crippen molar-refractivity contribution in [3.8, 4) is 17.2 Å². The second-order valence-corrected chi connectivity index (χ2v) is 7.28. The third kappa shape index (κ3) is 5.03. The lowest BCUT2D eigenvalue weighted by Gasteiger charge is -2.17. The minimum atomic E-state index is -0.958. The minimum Gasteiger partial charge on any atom is -0.494 e. The van der Waals surface area contributed by atoms with Crippen LogP contribution in [-0.2, 0) is 9.53 Å². The highest BCUT2D eigenvalue weighted by Crippen LogP contribution is 2.28. The maximum absolute atomic E-state index is 13.0. The molecule has 0 saturated carbocycles. The Kier molecular flexibility index (Phi) is 6.69. The molecule has 1 aromatic heterocycles. The van der Waals surface area contributed by atoms with Crippen molar-refractivity contribution in [3.63, 3.8) is 0 Å². The Bertz CT molecular complexity index is 1230. The second-order valence-electron chi connectivity index (χ2n) is 7.28. The summed E-state index contributed by atoms with van der Waals surface area (Å²) >= 11 is 0. The van der Waals surface area contributed by atoms with Gasteiger partial charge in [0.1, 0.15) is 11.3 Å². The van der Waals surface area contributed by atoms with Gasteiger partial charge in [0.25, 0.3) is 5.91 Å². The molecule has 1 amide bonds. The van der Waals surface area contributed by atoms with Crippen LogP contribution in [0.1, 0.15) is 30.6 Å². The van der Waals surface area contributed by atoms with Gasteiger partial charge in [0.2, 0.25) is 5.89 Å². The maximum atomic E-state index is 13.0. The van der Waals surface area contributed by atoms with Crippen molar-refractivity contribution in [2.24, 2.45) is 0 Å². The number of carbonyl (C=O) groups is 2. The van der Waals surface area contributed by atoms with Gasteiger partial charge in [0.05, 0.1) is 17.7 Å². The minimum absolute atomic E-state index is 0.274. The number of esters is 1. The first-order valence-electron chi connectivity index (χ1n) is 10.8. The van der Waals surface area contributed by atoms with E-state index in [9.17, 15) is 9.59 Å². The van der Waals surface area contributed by atoms with E-state index in [-0.39, 0.29) is 5.56 Å². The van der Waals surface area contributed by atoms with Crippen LogP contribution in [0.2, 0.25) is 0 Å². The van der Waals surface area contributed by atoms with Crippen molar-refractivity contribution >= 4 is 28.7 Å². The van der Waals surface area contributed by atoms with E-state index < -0.39 is 18.0 Å². The number of hydrogen-bond donors (Lipinski definition) is 1. The number of amides is 1. The first-order valence-corrected chi connectivity index (χ1v) is 10.8. The number of nitrogens with zero attached hydrogens (tertiary/aromatic N) is 1. The number of ether oxygens (including phenoxy) is 2. The summed E-state index contributed by atoms with van der Waals surface area (Å²) in [6.45, 7) is 4.24. The van der Waals surface area contributed by atoms with Crippen LogP contribution in [0.15, 0.2) is 77.2 Å². The Balaban J connectivity index is 1.50. The monoisotopic (exact) mass is 444 g/mol. The zero-order valence-corrected chi connectivity index (χ0v) is 18.4. The Morgan fingerprint density at radius 3 is 2.42 bits per heavy atom. The molecule has 1 N–H and O–H groups in total. The first kappa shape index (κ1) is 22.1. The Morgan fingerprint density at radius 2 is 1.70 bits per heavy atom. The van der Waals surface area contributed by atoms with Crippen LogP contribution >= 0.6 is 0 Å². The number of para-hydroxylation sites is 2. The molecule has 0 bridgehead atoms. The SMILES string of the molecule is CCOc1ccc(NC(=O)C(CC)OC(=O)c2ccccc2-c2nc3ccccc3o2)cc1. The van der Waals surface area contributed by atoms with Gasteiger partial charge in [-0.05, 0) is 61.9 Å². The third-order valence-electron chi connectivity index (χ3n) is 5.02. The summed E-state index contributed by atoms with van der Waals surface area (Å²) in [6.07, 6.45) is -0.639. The Morgan fingerprint density at radius 1 is 0.970 bits per heavy atom. The first-order chi connectivity index (χ1) is 16.1. The van der Waals surface area contributed by atoms with E-state index in [1.54, 1.807) is 55.5 Å². The summed E-state index contributed by atoms with van der Waals surface area (Å²) in [5.74, 6) is -0.00341. The normalized spacial score (nSPS) is 11.7. The van der Waals surface area contributed by atoms with Gasteiger partial charge >= 0.3 is 5.97 Å². The molecule has 1 heterocycles. The molecule has 0 radical (unpaired) electrons. The number of anilines is 1. The third-order valence-corrected chi connectivity index (χ3v) is 5.02. The van der Waals surface area contributed by atoms with Crippen LogP contribution < -0.4 is 10.1 Å². The van der Waals surface area contributed by atoms with Gasteiger partial charge in [-0.2, -0.15) is 0 Å². The summed E-state index contributed by atoms with van der Waals surface area (Å²) in [5.41, 5.74) is 2.68. The van der Waals surface area contributed by atoms with Crippen LogP contribution in [0.5, 0.6) is 5.75 Å². The molecule has 0 aliphatic carbocycles. The summed E-state index contributed by atoms with van der Waals surface area (Å²) in [6, 6.07) is 21.3. The lowest BCUT2D eigenvalue weighted by atomic mass is 10.1. The number of carbonyl (C=O) groups excluding carboxylic acids is 2. The average molecular weight is 444 g/mol. The molecule has 0 aliphatic rings. The molecular formula is C26H24N2O5. The Labute approximate surface area is 191 Å². The molecule has 0 fully saturated rings. The highest BCUT2D eigenvalue weighted by atomic mass is 16.5. The summed E-state index contributed by atoms with van der Waals surface area (Å²) in [5, 5.41) is 2.78. The molecule has 33 heavy (non-hydrogen) atoms. The number of fused-ring (bicyclic) bond motifs is 1. The fourth-order valence-corrected chi connectivity index (χ4v) is 3.37. The molecule has 3 aromatic carbocycles. The molecule has 4 aromatic rings. The predicted octanol–water partition coefficient (Wildman–Crippen LogP) is 5.47. The lowest BCUT2D eigenvalue weighted by molar-refractivity contribution is -0.124. The van der Waals surface area contributed by atoms with Crippen LogP contribution in [0.3, 0.4) is 0 Å². The van der Waals surface area contributed by atoms with Crippen LogP contribution in [0.4, 0.5) is 5.69 Å². The van der Waals surface area contributed by atoms with E-state index in [2.05, 4.69) is 10.3 Å². The van der Waals surface area contributed by atoms with Gasteiger partial charge in [-0.25, -0.2) is 9.78 Å². The van der Waals surface area contributed by atoms with Gasteiger partial charge in [0, 0.05) is 5.69 Å². The lowest BCUT2D eigenvalue weighted by Crippen LogP contribution is -2.32. The quantitative estimate of drug-likeness (QED) is 0.363. The van der Waals surface area contributed by atoms with Gasteiger partial charge in [-0.1, -0.05) is 31.2 Å². The molecule has 0 aliphatic heterocycles. The molecule has 4 rings (SSSR count). The smallest absolute Gasteiger partial charge is 0.339 e. The highest BCUT2D eigenvalue weighted by molar-refractivity contribution is 6.00. The summed E-state index contributed by atoms with van der Waals surface area (Å²) in [7, 11) is 0. The van der Waals surface area contributed by atoms with Crippen molar-refractivity contribution in [3.05, 3.63) is 78.4 Å². The molecule has 0 spiro atoms. The molecule has 0 saturated heterocycles. The predicted molar refractivity (Wildman–Crippen MR) is 125 cm³/mol. The summed E-state index contributed by atoms with van der Waals surface area (Å²) in [4.78, 5) is 30.2. The number of oxazole rings is 1. The van der Waals surface area contributed by atoms with E-state index in [0.29, 0.717) is 47.0 Å². The number of hydrogen-bond acceptors (Lipinski definition) is 6. The highest BCUT2D eigenvalue weighted by Gasteiger charge is 2.25. The fourth-order valence-electron chi connectivity index (χ4n) is 3.37. The van der Waals surface area contributed by atoms with E-state index >= 15 is 0 Å². The van der Waals surface area contributed by atoms with Gasteiger partial charge in [0.15, 0.2) is 11.7 Å². The van der Waals surface area contributed by atoms with E-state index in [1.165, 1.54) is 0 Å².